The molecular formula is C20H22BrNO3. The molecule has 0 aromatic heterocycles. The van der Waals surface area contributed by atoms with Crippen LogP contribution in [0.4, 0.5) is 0 Å². The zero-order chi connectivity index (χ0) is 17.8. The van der Waals surface area contributed by atoms with Gasteiger partial charge in [0.2, 0.25) is 0 Å². The van der Waals surface area contributed by atoms with Crippen molar-refractivity contribution in [1.82, 2.24) is 5.32 Å². The molecule has 1 aliphatic rings. The van der Waals surface area contributed by atoms with Crippen LogP contribution in [0.15, 0.2) is 46.9 Å². The van der Waals surface area contributed by atoms with Crippen LogP contribution >= 0.6 is 15.9 Å². The molecular weight excluding hydrogens is 382 g/mol. The third-order valence-corrected chi connectivity index (χ3v) is 4.91. The van der Waals surface area contributed by atoms with E-state index in [2.05, 4.69) is 33.4 Å². The number of amides is 1. The number of hydrogen-bond donors (Lipinski definition) is 1. The fourth-order valence-electron chi connectivity index (χ4n) is 2.92. The Bertz CT molecular complexity index is 744. The lowest BCUT2D eigenvalue weighted by Gasteiger charge is -2.20. The van der Waals surface area contributed by atoms with Crippen LogP contribution in [0.2, 0.25) is 0 Å². The molecule has 0 spiro atoms. The van der Waals surface area contributed by atoms with Crippen LogP contribution in [0, 0.1) is 5.92 Å². The third kappa shape index (κ3) is 4.15. The molecule has 1 atom stereocenters. The van der Waals surface area contributed by atoms with Gasteiger partial charge in [0.05, 0.1) is 24.2 Å². The van der Waals surface area contributed by atoms with Gasteiger partial charge in [-0.25, -0.2) is 0 Å². The Morgan fingerprint density at radius 3 is 2.60 bits per heavy atom. The SMILES string of the molecule is CCOc1c(Br)cc(C(=O)N[C@H](c2ccccc2)C2CC2)cc1OC. The molecule has 0 aliphatic heterocycles. The molecule has 3 rings (SSSR count). The van der Waals surface area contributed by atoms with Crippen molar-refractivity contribution in [3.05, 3.63) is 58.1 Å². The minimum Gasteiger partial charge on any atom is -0.493 e. The lowest BCUT2D eigenvalue weighted by atomic mass is 10.0. The average molecular weight is 404 g/mol. The number of hydrogen-bond acceptors (Lipinski definition) is 3. The molecule has 0 heterocycles. The first-order valence-electron chi connectivity index (χ1n) is 8.50. The summed E-state index contributed by atoms with van der Waals surface area (Å²) in [5, 5.41) is 3.19. The van der Waals surface area contributed by atoms with Gasteiger partial charge in [-0.1, -0.05) is 30.3 Å². The van der Waals surface area contributed by atoms with Crippen LogP contribution in [0.25, 0.3) is 0 Å². The molecule has 1 amide bonds. The van der Waals surface area contributed by atoms with Gasteiger partial charge >= 0.3 is 0 Å². The molecule has 1 fully saturated rings. The van der Waals surface area contributed by atoms with Crippen LogP contribution in [0.5, 0.6) is 11.5 Å². The number of carbonyl (C=O) groups is 1. The molecule has 2 aromatic carbocycles. The summed E-state index contributed by atoms with van der Waals surface area (Å²) < 4.78 is 11.7. The van der Waals surface area contributed by atoms with Crippen LogP contribution in [-0.2, 0) is 0 Å². The van der Waals surface area contributed by atoms with Gasteiger partial charge in [0.1, 0.15) is 0 Å². The van der Waals surface area contributed by atoms with Gasteiger partial charge in [0, 0.05) is 5.56 Å². The lowest BCUT2D eigenvalue weighted by Crippen LogP contribution is -2.30. The van der Waals surface area contributed by atoms with Crippen molar-refractivity contribution < 1.29 is 14.3 Å². The van der Waals surface area contributed by atoms with Gasteiger partial charge < -0.3 is 14.8 Å². The molecule has 0 unspecified atom stereocenters. The number of methoxy groups -OCH3 is 1. The third-order valence-electron chi connectivity index (χ3n) is 4.32. The van der Waals surface area contributed by atoms with E-state index in [0.29, 0.717) is 34.1 Å². The summed E-state index contributed by atoms with van der Waals surface area (Å²) in [6, 6.07) is 13.7. The number of benzene rings is 2. The van der Waals surface area contributed by atoms with Crippen LogP contribution in [0.1, 0.15) is 41.7 Å². The van der Waals surface area contributed by atoms with Crippen molar-refractivity contribution >= 4 is 21.8 Å². The topological polar surface area (TPSA) is 47.6 Å². The summed E-state index contributed by atoms with van der Waals surface area (Å²) >= 11 is 3.48. The number of nitrogens with one attached hydrogen (secondary N) is 1. The Morgan fingerprint density at radius 2 is 2.00 bits per heavy atom. The number of ether oxygens (including phenoxy) is 2. The highest BCUT2D eigenvalue weighted by Gasteiger charge is 2.33. The second-order valence-corrected chi connectivity index (χ2v) is 6.98. The Kier molecular flexibility index (Phi) is 5.63. The summed E-state index contributed by atoms with van der Waals surface area (Å²) in [6.07, 6.45) is 2.30. The van der Waals surface area contributed by atoms with Crippen LogP contribution in [0.3, 0.4) is 0 Å². The zero-order valence-corrected chi connectivity index (χ0v) is 16.0. The second-order valence-electron chi connectivity index (χ2n) is 6.12. The van der Waals surface area contributed by atoms with E-state index >= 15 is 0 Å². The van der Waals surface area contributed by atoms with E-state index in [4.69, 9.17) is 9.47 Å². The Hall–Kier alpha value is -2.01. The van der Waals surface area contributed by atoms with Gasteiger partial charge in [-0.15, -0.1) is 0 Å². The van der Waals surface area contributed by atoms with Gasteiger partial charge in [-0.05, 0) is 59.3 Å². The van der Waals surface area contributed by atoms with E-state index in [1.54, 1.807) is 19.2 Å². The van der Waals surface area contributed by atoms with Gasteiger partial charge in [0.25, 0.3) is 5.91 Å². The molecule has 0 bridgehead atoms. The normalized spacial score (nSPS) is 14.7. The maximum absolute atomic E-state index is 12.8. The predicted molar refractivity (Wildman–Crippen MR) is 101 cm³/mol. The largest absolute Gasteiger partial charge is 0.493 e. The maximum atomic E-state index is 12.8. The molecule has 0 radical (unpaired) electrons. The standard InChI is InChI=1S/C20H22BrNO3/c1-3-25-19-16(21)11-15(12-17(19)24-2)20(23)22-18(14-9-10-14)13-7-5-4-6-8-13/h4-8,11-12,14,18H,3,9-10H2,1-2H3,(H,22,23)/t18-/m1/s1. The first-order chi connectivity index (χ1) is 12.1. The van der Waals surface area contributed by atoms with E-state index in [9.17, 15) is 4.79 Å². The van der Waals surface area contributed by atoms with Gasteiger partial charge in [0.15, 0.2) is 11.5 Å². The minimum absolute atomic E-state index is 0.0463. The predicted octanol–water partition coefficient (Wildman–Crippen LogP) is 4.74. The zero-order valence-electron chi connectivity index (χ0n) is 14.4. The quantitative estimate of drug-likeness (QED) is 0.726. The summed E-state index contributed by atoms with van der Waals surface area (Å²) in [6.45, 7) is 2.44. The van der Waals surface area contributed by atoms with Crippen LogP contribution in [-0.4, -0.2) is 19.6 Å². The number of carbonyl (C=O) groups excluding carboxylic acids is 1. The van der Waals surface area contributed by atoms with Gasteiger partial charge in [-0.2, -0.15) is 0 Å². The fourth-order valence-corrected chi connectivity index (χ4v) is 3.48. The van der Waals surface area contributed by atoms with Crippen LogP contribution < -0.4 is 14.8 Å². The molecule has 2 aromatic rings. The van der Waals surface area contributed by atoms with E-state index in [0.717, 1.165) is 18.4 Å². The average Bonchev–Trinajstić information content (AvgIpc) is 3.46. The van der Waals surface area contributed by atoms with E-state index in [1.807, 2.05) is 25.1 Å². The monoisotopic (exact) mass is 403 g/mol. The molecule has 4 nitrogen and oxygen atoms in total. The molecule has 1 saturated carbocycles. The molecule has 132 valence electrons. The summed E-state index contributed by atoms with van der Waals surface area (Å²) in [7, 11) is 1.57. The van der Waals surface area contributed by atoms with Crippen molar-refractivity contribution in [2.45, 2.75) is 25.8 Å². The molecule has 0 saturated heterocycles. The highest BCUT2D eigenvalue weighted by molar-refractivity contribution is 9.10. The highest BCUT2D eigenvalue weighted by atomic mass is 79.9. The Labute approximate surface area is 156 Å². The van der Waals surface area contributed by atoms with Crippen molar-refractivity contribution in [1.29, 1.82) is 0 Å². The van der Waals surface area contributed by atoms with Crippen molar-refractivity contribution in [2.24, 2.45) is 5.92 Å². The van der Waals surface area contributed by atoms with Gasteiger partial charge in [-0.3, -0.25) is 4.79 Å². The Morgan fingerprint density at radius 1 is 1.28 bits per heavy atom. The van der Waals surface area contributed by atoms with Crippen molar-refractivity contribution in [2.75, 3.05) is 13.7 Å². The maximum Gasteiger partial charge on any atom is 0.251 e. The number of halogens is 1. The molecule has 25 heavy (non-hydrogen) atoms. The van der Waals surface area contributed by atoms with Crippen molar-refractivity contribution in [3.8, 4) is 11.5 Å². The summed E-state index contributed by atoms with van der Waals surface area (Å²) in [5.41, 5.74) is 1.70. The Balaban J connectivity index is 1.84. The first kappa shape index (κ1) is 17.8. The summed E-state index contributed by atoms with van der Waals surface area (Å²) in [4.78, 5) is 12.8. The first-order valence-corrected chi connectivity index (χ1v) is 9.29. The smallest absolute Gasteiger partial charge is 0.251 e. The molecule has 5 heteroatoms. The van der Waals surface area contributed by atoms with Crippen molar-refractivity contribution in [3.63, 3.8) is 0 Å². The number of rotatable bonds is 7. The highest BCUT2D eigenvalue weighted by Crippen LogP contribution is 2.41. The second kappa shape index (κ2) is 7.91. The van der Waals surface area contributed by atoms with E-state index < -0.39 is 0 Å². The summed E-state index contributed by atoms with van der Waals surface area (Å²) in [5.74, 6) is 1.56. The molecule has 1 N–H and O–H groups in total. The van der Waals surface area contributed by atoms with E-state index in [1.165, 1.54) is 0 Å². The fraction of sp³-hybridized carbons (Fsp3) is 0.350. The lowest BCUT2D eigenvalue weighted by molar-refractivity contribution is 0.0931. The van der Waals surface area contributed by atoms with E-state index in [-0.39, 0.29) is 11.9 Å². The molecule has 1 aliphatic carbocycles. The minimum atomic E-state index is -0.109.